The van der Waals surface area contributed by atoms with Gasteiger partial charge in [-0.1, -0.05) is 11.8 Å². The average Bonchev–Trinajstić information content (AvgIpc) is 3.08. The predicted molar refractivity (Wildman–Crippen MR) is 114 cm³/mol. The minimum absolute atomic E-state index is 0.0456. The Morgan fingerprint density at radius 1 is 1.27 bits per heavy atom. The zero-order valence-electron chi connectivity index (χ0n) is 16.9. The molecule has 0 aliphatic heterocycles. The van der Waals surface area contributed by atoms with Crippen molar-refractivity contribution in [1.82, 2.24) is 29.8 Å². The maximum Gasteiger partial charge on any atom is 0.263 e. The fraction of sp³-hybridized carbons (Fsp3) is 0.227. The van der Waals surface area contributed by atoms with Gasteiger partial charge in [0.2, 0.25) is 0 Å². The SMILES string of the molecule is Cc1nc2cnc3ccc(C#CCNC(=O)c4cnc[nH]c4=O)cc3c2n1C(C)C. The number of hydrogen-bond donors (Lipinski definition) is 2. The molecule has 2 N–H and O–H groups in total. The smallest absolute Gasteiger partial charge is 0.263 e. The Morgan fingerprint density at radius 2 is 2.10 bits per heavy atom. The van der Waals surface area contributed by atoms with E-state index in [0.717, 1.165) is 33.3 Å². The van der Waals surface area contributed by atoms with E-state index in [1.165, 1.54) is 12.5 Å². The molecule has 4 rings (SSSR count). The summed E-state index contributed by atoms with van der Waals surface area (Å²) in [5.74, 6) is 6.40. The Hall–Kier alpha value is -3.99. The lowest BCUT2D eigenvalue weighted by atomic mass is 10.1. The highest BCUT2D eigenvalue weighted by atomic mass is 16.2. The second kappa shape index (κ2) is 7.79. The number of nitrogens with zero attached hydrogens (tertiary/aromatic N) is 4. The van der Waals surface area contributed by atoms with E-state index >= 15 is 0 Å². The molecule has 30 heavy (non-hydrogen) atoms. The number of aromatic nitrogens is 5. The third-order valence-electron chi connectivity index (χ3n) is 4.74. The van der Waals surface area contributed by atoms with Gasteiger partial charge >= 0.3 is 0 Å². The van der Waals surface area contributed by atoms with Crippen LogP contribution in [0.25, 0.3) is 21.9 Å². The second-order valence-electron chi connectivity index (χ2n) is 7.13. The molecule has 0 fully saturated rings. The van der Waals surface area contributed by atoms with Crippen molar-refractivity contribution < 1.29 is 4.79 Å². The molecule has 0 aliphatic rings. The van der Waals surface area contributed by atoms with Gasteiger partial charge < -0.3 is 14.9 Å². The molecule has 8 heteroatoms. The highest BCUT2D eigenvalue weighted by Gasteiger charge is 2.14. The summed E-state index contributed by atoms with van der Waals surface area (Å²) in [6, 6.07) is 6.08. The summed E-state index contributed by atoms with van der Waals surface area (Å²) < 4.78 is 2.20. The van der Waals surface area contributed by atoms with E-state index in [-0.39, 0.29) is 18.2 Å². The zero-order chi connectivity index (χ0) is 21.3. The van der Waals surface area contributed by atoms with E-state index < -0.39 is 11.5 Å². The largest absolute Gasteiger partial charge is 0.341 e. The number of fused-ring (bicyclic) bond motifs is 3. The van der Waals surface area contributed by atoms with Crippen LogP contribution >= 0.6 is 0 Å². The van der Waals surface area contributed by atoms with Gasteiger partial charge in [-0.2, -0.15) is 0 Å². The Morgan fingerprint density at radius 3 is 2.87 bits per heavy atom. The first-order valence-electron chi connectivity index (χ1n) is 9.52. The maximum absolute atomic E-state index is 12.0. The molecule has 4 aromatic rings. The average molecular weight is 400 g/mol. The number of aromatic amines is 1. The minimum Gasteiger partial charge on any atom is -0.341 e. The van der Waals surface area contributed by atoms with Gasteiger partial charge in [0.1, 0.15) is 16.9 Å². The van der Waals surface area contributed by atoms with Crippen molar-refractivity contribution >= 4 is 27.8 Å². The van der Waals surface area contributed by atoms with Gasteiger partial charge in [-0.15, -0.1) is 0 Å². The van der Waals surface area contributed by atoms with E-state index in [0.29, 0.717) is 0 Å². The van der Waals surface area contributed by atoms with Gasteiger partial charge in [-0.3, -0.25) is 14.6 Å². The molecule has 1 aromatic carbocycles. The van der Waals surface area contributed by atoms with E-state index in [1.807, 2.05) is 25.1 Å². The van der Waals surface area contributed by atoms with Crippen LogP contribution in [0.5, 0.6) is 0 Å². The zero-order valence-corrected chi connectivity index (χ0v) is 16.9. The van der Waals surface area contributed by atoms with Crippen LogP contribution in [0, 0.1) is 18.8 Å². The number of rotatable bonds is 3. The lowest BCUT2D eigenvalue weighted by Gasteiger charge is -2.12. The summed E-state index contributed by atoms with van der Waals surface area (Å²) >= 11 is 0. The molecule has 0 radical (unpaired) electrons. The van der Waals surface area contributed by atoms with Crippen LogP contribution < -0.4 is 10.9 Å². The van der Waals surface area contributed by atoms with Crippen LogP contribution in [-0.4, -0.2) is 37.0 Å². The van der Waals surface area contributed by atoms with Gasteiger partial charge in [0.15, 0.2) is 0 Å². The van der Waals surface area contributed by atoms with Crippen molar-refractivity contribution in [3.8, 4) is 11.8 Å². The molecule has 0 bridgehead atoms. The predicted octanol–water partition coefficient (Wildman–Crippen LogP) is 2.34. The Labute approximate surface area is 172 Å². The molecule has 150 valence electrons. The lowest BCUT2D eigenvalue weighted by Crippen LogP contribution is -2.29. The summed E-state index contributed by atoms with van der Waals surface area (Å²) in [5, 5.41) is 3.59. The molecule has 3 aromatic heterocycles. The monoisotopic (exact) mass is 400 g/mol. The Bertz CT molecular complexity index is 1390. The molecule has 0 atom stereocenters. The number of pyridine rings is 1. The third-order valence-corrected chi connectivity index (χ3v) is 4.74. The molecule has 0 unspecified atom stereocenters. The molecular weight excluding hydrogens is 380 g/mol. The first kappa shape index (κ1) is 19.3. The summed E-state index contributed by atoms with van der Waals surface area (Å²) in [5.41, 5.74) is 3.04. The summed E-state index contributed by atoms with van der Waals surface area (Å²) in [6.07, 6.45) is 4.25. The lowest BCUT2D eigenvalue weighted by molar-refractivity contribution is 0.0956. The number of carbonyl (C=O) groups excluding carboxylic acids is 1. The topological polar surface area (TPSA) is 106 Å². The van der Waals surface area contributed by atoms with Crippen LogP contribution in [0.4, 0.5) is 0 Å². The quantitative estimate of drug-likeness (QED) is 0.514. The fourth-order valence-electron chi connectivity index (χ4n) is 3.47. The number of imidazole rings is 1. The van der Waals surface area contributed by atoms with Gasteiger partial charge in [0.25, 0.3) is 11.5 Å². The van der Waals surface area contributed by atoms with E-state index in [9.17, 15) is 9.59 Å². The molecule has 0 aliphatic carbocycles. The molecule has 8 nitrogen and oxygen atoms in total. The van der Waals surface area contributed by atoms with Gasteiger partial charge in [-0.25, -0.2) is 9.97 Å². The van der Waals surface area contributed by atoms with Crippen molar-refractivity contribution in [2.45, 2.75) is 26.8 Å². The Kier molecular flexibility index (Phi) is 5.02. The number of nitrogens with one attached hydrogen (secondary N) is 2. The van der Waals surface area contributed by atoms with Crippen LogP contribution in [0.1, 0.15) is 41.6 Å². The summed E-state index contributed by atoms with van der Waals surface area (Å²) in [7, 11) is 0. The minimum atomic E-state index is -0.514. The number of carbonyl (C=O) groups is 1. The molecule has 0 saturated heterocycles. The normalized spacial score (nSPS) is 10.9. The highest BCUT2D eigenvalue weighted by Crippen LogP contribution is 2.28. The summed E-state index contributed by atoms with van der Waals surface area (Å²) in [4.78, 5) is 38.9. The number of H-pyrrole nitrogens is 1. The molecule has 1 amide bonds. The van der Waals surface area contributed by atoms with Gasteiger partial charge in [-0.05, 0) is 39.0 Å². The number of aryl methyl sites for hydroxylation is 1. The highest BCUT2D eigenvalue weighted by molar-refractivity contribution is 6.03. The number of amides is 1. The van der Waals surface area contributed by atoms with Gasteiger partial charge in [0, 0.05) is 23.2 Å². The van der Waals surface area contributed by atoms with Crippen LogP contribution in [0.2, 0.25) is 0 Å². The summed E-state index contributed by atoms with van der Waals surface area (Å²) in [6.45, 7) is 6.35. The van der Waals surface area contributed by atoms with Crippen LogP contribution in [-0.2, 0) is 0 Å². The molecule has 0 saturated carbocycles. The standard InChI is InChI=1S/C22H20N6O2/c1-13(2)28-14(3)27-19-11-25-18-7-6-15(9-16(18)20(19)28)5-4-8-24-21(29)17-10-23-12-26-22(17)30/h6-7,9-13H,8H2,1-3H3,(H,24,29)(H,23,26,30). The van der Waals surface area contributed by atoms with Crippen LogP contribution in [0.15, 0.2) is 41.7 Å². The second-order valence-corrected chi connectivity index (χ2v) is 7.13. The van der Waals surface area contributed by atoms with Crippen molar-refractivity contribution in [1.29, 1.82) is 0 Å². The van der Waals surface area contributed by atoms with Gasteiger partial charge in [0.05, 0.1) is 30.1 Å². The molecule has 3 heterocycles. The van der Waals surface area contributed by atoms with E-state index in [4.69, 9.17) is 0 Å². The molecule has 0 spiro atoms. The van der Waals surface area contributed by atoms with Crippen LogP contribution in [0.3, 0.4) is 0 Å². The van der Waals surface area contributed by atoms with E-state index in [1.54, 1.807) is 6.20 Å². The number of hydrogen-bond acceptors (Lipinski definition) is 5. The first-order valence-corrected chi connectivity index (χ1v) is 9.52. The first-order chi connectivity index (χ1) is 14.5. The molecular formula is C22H20N6O2. The fourth-order valence-corrected chi connectivity index (χ4v) is 3.47. The third kappa shape index (κ3) is 3.53. The van der Waals surface area contributed by atoms with E-state index in [2.05, 4.69) is 55.5 Å². The number of benzene rings is 1. The van der Waals surface area contributed by atoms with Crippen molar-refractivity contribution in [2.24, 2.45) is 0 Å². The van der Waals surface area contributed by atoms with Crippen molar-refractivity contribution in [3.63, 3.8) is 0 Å². The Balaban J connectivity index is 1.62. The van der Waals surface area contributed by atoms with Crippen molar-refractivity contribution in [3.05, 3.63) is 64.2 Å². The van der Waals surface area contributed by atoms with Crippen molar-refractivity contribution in [2.75, 3.05) is 6.54 Å². The maximum atomic E-state index is 12.0.